The van der Waals surface area contributed by atoms with Crippen molar-refractivity contribution in [1.29, 1.82) is 0 Å². The molecule has 0 unspecified atom stereocenters. The van der Waals surface area contributed by atoms with Crippen molar-refractivity contribution in [1.82, 2.24) is 5.43 Å². The number of ether oxygens (including phenoxy) is 2. The zero-order valence-electron chi connectivity index (χ0n) is 16.2. The molecular formula is C23H20Cl2N2O3. The summed E-state index contributed by atoms with van der Waals surface area (Å²) in [5.74, 6) is 0.882. The minimum Gasteiger partial charge on any atom is -0.489 e. The van der Waals surface area contributed by atoms with Crippen LogP contribution in [0.25, 0.3) is 0 Å². The number of halogens is 2. The Labute approximate surface area is 185 Å². The molecule has 0 saturated carbocycles. The molecule has 3 aromatic carbocycles. The summed E-state index contributed by atoms with van der Waals surface area (Å²) in [6.45, 7) is 2.07. The lowest BCUT2D eigenvalue weighted by molar-refractivity contribution is -0.127. The summed E-state index contributed by atoms with van der Waals surface area (Å²) in [6, 6.07) is 21.7. The number of carbonyl (C=O) groups is 1. The van der Waals surface area contributed by atoms with E-state index < -0.39 is 6.10 Å². The maximum Gasteiger partial charge on any atom is 0.280 e. The minimum absolute atomic E-state index is 0.364. The van der Waals surface area contributed by atoms with E-state index in [2.05, 4.69) is 10.5 Å². The van der Waals surface area contributed by atoms with Crippen molar-refractivity contribution in [2.75, 3.05) is 0 Å². The molecule has 1 N–H and O–H groups in total. The highest BCUT2D eigenvalue weighted by molar-refractivity contribution is 6.30. The first-order valence-corrected chi connectivity index (χ1v) is 9.97. The van der Waals surface area contributed by atoms with Gasteiger partial charge in [0.05, 0.1) is 6.21 Å². The van der Waals surface area contributed by atoms with Gasteiger partial charge in [0.25, 0.3) is 5.91 Å². The summed E-state index contributed by atoms with van der Waals surface area (Å²) in [6.07, 6.45) is 0.833. The third-order valence-electron chi connectivity index (χ3n) is 4.06. The Morgan fingerprint density at radius 3 is 2.37 bits per heavy atom. The van der Waals surface area contributed by atoms with E-state index in [1.54, 1.807) is 37.4 Å². The predicted molar refractivity (Wildman–Crippen MR) is 120 cm³/mol. The molecule has 0 saturated heterocycles. The maximum absolute atomic E-state index is 12.1. The van der Waals surface area contributed by atoms with Crippen LogP contribution in [0.15, 0.2) is 77.9 Å². The van der Waals surface area contributed by atoms with E-state index in [0.717, 1.165) is 11.1 Å². The van der Waals surface area contributed by atoms with Crippen molar-refractivity contribution < 1.29 is 14.3 Å². The lowest BCUT2D eigenvalue weighted by Gasteiger charge is -2.12. The second-order valence-corrected chi connectivity index (χ2v) is 7.31. The third kappa shape index (κ3) is 6.79. The Bertz CT molecular complexity index is 1010. The Balaban J connectivity index is 1.50. The first kappa shape index (κ1) is 21.7. The van der Waals surface area contributed by atoms with Crippen LogP contribution in [-0.2, 0) is 11.4 Å². The lowest BCUT2D eigenvalue weighted by atomic mass is 10.2. The molecule has 3 rings (SSSR count). The zero-order valence-corrected chi connectivity index (χ0v) is 17.7. The number of hydrazone groups is 1. The Hall–Kier alpha value is -3.02. The van der Waals surface area contributed by atoms with Crippen LogP contribution in [0.4, 0.5) is 0 Å². The Morgan fingerprint density at radius 1 is 1.00 bits per heavy atom. The number of amides is 1. The average Bonchev–Trinajstić information content (AvgIpc) is 2.75. The van der Waals surface area contributed by atoms with Gasteiger partial charge < -0.3 is 9.47 Å². The molecule has 0 radical (unpaired) electrons. The van der Waals surface area contributed by atoms with E-state index in [9.17, 15) is 4.79 Å². The summed E-state index contributed by atoms with van der Waals surface area (Å²) >= 11 is 11.7. The number of nitrogens with zero attached hydrogens (tertiary/aromatic N) is 1. The summed E-state index contributed by atoms with van der Waals surface area (Å²) in [4.78, 5) is 12.1. The highest BCUT2D eigenvalue weighted by atomic mass is 35.5. The first-order chi connectivity index (χ1) is 14.5. The second kappa shape index (κ2) is 10.7. The molecule has 30 heavy (non-hydrogen) atoms. The molecule has 5 nitrogen and oxygen atoms in total. The van der Waals surface area contributed by atoms with Gasteiger partial charge in [0.1, 0.15) is 18.1 Å². The SMILES string of the molecule is C[C@H](Oc1ccc(Cl)cc1)C(=O)N/N=C\c1cccc(OCc2ccc(Cl)cc2)c1. The van der Waals surface area contributed by atoms with Gasteiger partial charge in [-0.2, -0.15) is 5.10 Å². The molecule has 0 fully saturated rings. The van der Waals surface area contributed by atoms with E-state index >= 15 is 0 Å². The van der Waals surface area contributed by atoms with Gasteiger partial charge >= 0.3 is 0 Å². The zero-order chi connectivity index (χ0) is 21.3. The van der Waals surface area contributed by atoms with Crippen LogP contribution < -0.4 is 14.9 Å². The Kier molecular flexibility index (Phi) is 7.71. The molecule has 1 amide bonds. The van der Waals surface area contributed by atoms with E-state index in [0.29, 0.717) is 28.2 Å². The van der Waals surface area contributed by atoms with Crippen molar-refractivity contribution >= 4 is 35.3 Å². The topological polar surface area (TPSA) is 59.9 Å². The van der Waals surface area contributed by atoms with Gasteiger partial charge in [-0.25, -0.2) is 5.43 Å². The minimum atomic E-state index is -0.711. The highest BCUT2D eigenvalue weighted by Gasteiger charge is 2.13. The number of hydrogen-bond donors (Lipinski definition) is 1. The second-order valence-electron chi connectivity index (χ2n) is 6.44. The van der Waals surface area contributed by atoms with Crippen LogP contribution in [-0.4, -0.2) is 18.2 Å². The molecular weight excluding hydrogens is 423 g/mol. The predicted octanol–water partition coefficient (Wildman–Crippen LogP) is 5.49. The molecule has 0 aliphatic rings. The van der Waals surface area contributed by atoms with Crippen LogP contribution in [0, 0.1) is 0 Å². The molecule has 0 aliphatic heterocycles. The number of benzene rings is 3. The lowest BCUT2D eigenvalue weighted by Crippen LogP contribution is -2.33. The maximum atomic E-state index is 12.1. The molecule has 3 aromatic rings. The van der Waals surface area contributed by atoms with Crippen LogP contribution in [0.2, 0.25) is 10.0 Å². The van der Waals surface area contributed by atoms with Crippen LogP contribution in [0.5, 0.6) is 11.5 Å². The van der Waals surface area contributed by atoms with Crippen molar-refractivity contribution in [2.45, 2.75) is 19.6 Å². The molecule has 154 valence electrons. The number of carbonyl (C=O) groups excluding carboxylic acids is 1. The molecule has 0 aliphatic carbocycles. The number of rotatable bonds is 8. The van der Waals surface area contributed by atoms with Gasteiger partial charge in [-0.05, 0) is 66.6 Å². The molecule has 0 spiro atoms. The quantitative estimate of drug-likeness (QED) is 0.370. The van der Waals surface area contributed by atoms with Gasteiger partial charge in [-0.1, -0.05) is 47.5 Å². The van der Waals surface area contributed by atoms with Gasteiger partial charge in [-0.15, -0.1) is 0 Å². The highest BCUT2D eigenvalue weighted by Crippen LogP contribution is 2.17. The number of hydrogen-bond acceptors (Lipinski definition) is 4. The van der Waals surface area contributed by atoms with Crippen molar-refractivity contribution in [3.05, 3.63) is 94.0 Å². The van der Waals surface area contributed by atoms with Crippen LogP contribution in [0.3, 0.4) is 0 Å². The van der Waals surface area contributed by atoms with Crippen molar-refractivity contribution in [3.63, 3.8) is 0 Å². The monoisotopic (exact) mass is 442 g/mol. The van der Waals surface area contributed by atoms with Gasteiger partial charge in [0, 0.05) is 10.0 Å². The summed E-state index contributed by atoms with van der Waals surface area (Å²) < 4.78 is 11.4. The number of nitrogens with one attached hydrogen (secondary N) is 1. The smallest absolute Gasteiger partial charge is 0.280 e. The summed E-state index contributed by atoms with van der Waals surface area (Å²) in [5.41, 5.74) is 4.27. The van der Waals surface area contributed by atoms with Gasteiger partial charge in [-0.3, -0.25) is 4.79 Å². The van der Waals surface area contributed by atoms with Crippen molar-refractivity contribution in [2.24, 2.45) is 5.10 Å². The fraction of sp³-hybridized carbons (Fsp3) is 0.130. The molecule has 7 heteroatoms. The first-order valence-electron chi connectivity index (χ1n) is 9.22. The Morgan fingerprint density at radius 2 is 1.67 bits per heavy atom. The third-order valence-corrected chi connectivity index (χ3v) is 4.56. The van der Waals surface area contributed by atoms with E-state index in [4.69, 9.17) is 32.7 Å². The van der Waals surface area contributed by atoms with Crippen LogP contribution in [0.1, 0.15) is 18.1 Å². The van der Waals surface area contributed by atoms with E-state index in [1.807, 2.05) is 48.5 Å². The summed E-state index contributed by atoms with van der Waals surface area (Å²) in [5, 5.41) is 5.28. The normalized spacial score (nSPS) is 11.8. The van der Waals surface area contributed by atoms with Crippen molar-refractivity contribution in [3.8, 4) is 11.5 Å². The van der Waals surface area contributed by atoms with Crippen LogP contribution >= 0.6 is 23.2 Å². The molecule has 0 aromatic heterocycles. The van der Waals surface area contributed by atoms with Gasteiger partial charge in [0.15, 0.2) is 6.10 Å². The molecule has 1 atom stereocenters. The fourth-order valence-corrected chi connectivity index (χ4v) is 2.72. The largest absolute Gasteiger partial charge is 0.489 e. The van der Waals surface area contributed by atoms with E-state index in [-0.39, 0.29) is 5.91 Å². The fourth-order valence-electron chi connectivity index (χ4n) is 2.46. The van der Waals surface area contributed by atoms with E-state index in [1.165, 1.54) is 0 Å². The molecule has 0 heterocycles. The molecule has 0 bridgehead atoms. The standard InChI is InChI=1S/C23H20Cl2N2O3/c1-16(30-21-11-9-20(25)10-12-21)23(28)27-26-14-18-3-2-4-22(13-18)29-15-17-5-7-19(24)8-6-17/h2-14,16H,15H2,1H3,(H,27,28)/b26-14-/t16-/m0/s1. The average molecular weight is 443 g/mol. The summed E-state index contributed by atoms with van der Waals surface area (Å²) in [7, 11) is 0. The van der Waals surface area contributed by atoms with Gasteiger partial charge in [0.2, 0.25) is 0 Å².